The van der Waals surface area contributed by atoms with E-state index in [0.717, 1.165) is 0 Å². The van der Waals surface area contributed by atoms with Crippen molar-refractivity contribution in [2.45, 2.75) is 19.8 Å². The van der Waals surface area contributed by atoms with Gasteiger partial charge in [0.2, 0.25) is 0 Å². The first-order valence-corrected chi connectivity index (χ1v) is 4.71. The van der Waals surface area contributed by atoms with Crippen LogP contribution in [0.2, 0.25) is 0 Å². The molecule has 0 heterocycles. The van der Waals surface area contributed by atoms with E-state index in [4.69, 9.17) is 5.11 Å². The molecule has 0 amide bonds. The first kappa shape index (κ1) is 11.4. The lowest BCUT2D eigenvalue weighted by Crippen LogP contribution is -2.07. The summed E-state index contributed by atoms with van der Waals surface area (Å²) in [5, 5.41) is 27.2. The Morgan fingerprint density at radius 2 is 2.07 bits per heavy atom. The molecule has 4 nitrogen and oxygen atoms in total. The quantitative estimate of drug-likeness (QED) is 0.661. The lowest BCUT2D eigenvalue weighted by Gasteiger charge is -2.10. The van der Waals surface area contributed by atoms with E-state index in [1.807, 2.05) is 0 Å². The minimum Gasteiger partial charge on any atom is -0.508 e. The third kappa shape index (κ3) is 3.50. The number of hydrogen-bond donors (Lipinski definition) is 3. The Kier molecular flexibility index (Phi) is 3.55. The molecule has 0 radical (unpaired) electrons. The van der Waals surface area contributed by atoms with E-state index in [2.05, 4.69) is 0 Å². The highest BCUT2D eigenvalue weighted by Crippen LogP contribution is 2.25. The van der Waals surface area contributed by atoms with Crippen LogP contribution < -0.4 is 0 Å². The van der Waals surface area contributed by atoms with Gasteiger partial charge in [-0.25, -0.2) is 0 Å². The number of aliphatic carboxylic acids is 1. The van der Waals surface area contributed by atoms with Crippen molar-refractivity contribution >= 4 is 5.97 Å². The molecule has 0 aliphatic carbocycles. The summed E-state index contributed by atoms with van der Waals surface area (Å²) in [4.78, 5) is 10.4. The van der Waals surface area contributed by atoms with Gasteiger partial charge < -0.3 is 15.3 Å². The monoisotopic (exact) mass is 210 g/mol. The molecule has 0 fully saturated rings. The Labute approximate surface area is 87.8 Å². The molecule has 0 bridgehead atoms. The fourth-order valence-corrected chi connectivity index (χ4v) is 1.48. The standard InChI is InChI=1S/C11H14O4/c1-7(5-11(14)15)4-8-6-9(12)2-3-10(8)13/h2-3,6-7,12-13H,4-5H2,1H3,(H,14,15). The van der Waals surface area contributed by atoms with Crippen molar-refractivity contribution in [3.8, 4) is 11.5 Å². The van der Waals surface area contributed by atoms with E-state index in [1.54, 1.807) is 6.92 Å². The fraction of sp³-hybridized carbons (Fsp3) is 0.364. The van der Waals surface area contributed by atoms with Gasteiger partial charge in [0.15, 0.2) is 0 Å². The van der Waals surface area contributed by atoms with E-state index in [1.165, 1.54) is 18.2 Å². The minimum atomic E-state index is -0.859. The largest absolute Gasteiger partial charge is 0.508 e. The molecule has 4 heteroatoms. The Hall–Kier alpha value is -1.71. The van der Waals surface area contributed by atoms with Gasteiger partial charge in [0, 0.05) is 6.42 Å². The predicted molar refractivity (Wildman–Crippen MR) is 54.9 cm³/mol. The van der Waals surface area contributed by atoms with Gasteiger partial charge in [-0.1, -0.05) is 6.92 Å². The molecule has 1 aromatic rings. The average molecular weight is 210 g/mol. The first-order chi connectivity index (χ1) is 6.99. The molecule has 3 N–H and O–H groups in total. The minimum absolute atomic E-state index is 0.0507. The van der Waals surface area contributed by atoms with E-state index in [-0.39, 0.29) is 23.8 Å². The second-order valence-electron chi connectivity index (χ2n) is 3.72. The number of phenols is 2. The summed E-state index contributed by atoms with van der Waals surface area (Å²) >= 11 is 0. The van der Waals surface area contributed by atoms with Crippen molar-refractivity contribution in [2.75, 3.05) is 0 Å². The third-order valence-electron chi connectivity index (χ3n) is 2.15. The maximum Gasteiger partial charge on any atom is 0.303 e. The van der Waals surface area contributed by atoms with Gasteiger partial charge in [0.05, 0.1) is 0 Å². The zero-order chi connectivity index (χ0) is 11.4. The van der Waals surface area contributed by atoms with Gasteiger partial charge in [0.1, 0.15) is 11.5 Å². The molecule has 1 rings (SSSR count). The highest BCUT2D eigenvalue weighted by molar-refractivity contribution is 5.67. The number of carboxylic acids is 1. The summed E-state index contributed by atoms with van der Waals surface area (Å²) in [7, 11) is 0. The van der Waals surface area contributed by atoms with Gasteiger partial charge in [-0.3, -0.25) is 4.79 Å². The smallest absolute Gasteiger partial charge is 0.303 e. The summed E-state index contributed by atoms with van der Waals surface area (Å²) in [6.45, 7) is 1.79. The van der Waals surface area contributed by atoms with Crippen molar-refractivity contribution in [3.63, 3.8) is 0 Å². The van der Waals surface area contributed by atoms with Crippen LogP contribution in [0.5, 0.6) is 11.5 Å². The van der Waals surface area contributed by atoms with E-state index in [0.29, 0.717) is 12.0 Å². The highest BCUT2D eigenvalue weighted by atomic mass is 16.4. The van der Waals surface area contributed by atoms with Gasteiger partial charge >= 0.3 is 5.97 Å². The van der Waals surface area contributed by atoms with Crippen LogP contribution in [-0.4, -0.2) is 21.3 Å². The Morgan fingerprint density at radius 3 is 2.67 bits per heavy atom. The second kappa shape index (κ2) is 4.68. The summed E-state index contributed by atoms with van der Waals surface area (Å²) in [5.74, 6) is -0.771. The van der Waals surface area contributed by atoms with Crippen molar-refractivity contribution in [1.29, 1.82) is 0 Å². The lowest BCUT2D eigenvalue weighted by atomic mass is 9.97. The van der Waals surface area contributed by atoms with Crippen molar-refractivity contribution < 1.29 is 20.1 Å². The van der Waals surface area contributed by atoms with Crippen molar-refractivity contribution in [2.24, 2.45) is 5.92 Å². The molecule has 0 aromatic heterocycles. The van der Waals surface area contributed by atoms with Crippen LogP contribution in [0.1, 0.15) is 18.9 Å². The summed E-state index contributed by atoms with van der Waals surface area (Å²) in [6, 6.07) is 4.24. The fourth-order valence-electron chi connectivity index (χ4n) is 1.48. The Bertz CT molecular complexity index is 360. The molecule has 82 valence electrons. The zero-order valence-electron chi connectivity index (χ0n) is 8.47. The molecular weight excluding hydrogens is 196 g/mol. The van der Waals surface area contributed by atoms with Gasteiger partial charge in [-0.05, 0) is 36.1 Å². The maximum atomic E-state index is 10.4. The number of phenolic OH excluding ortho intramolecular Hbond substituents is 2. The van der Waals surface area contributed by atoms with Crippen molar-refractivity contribution in [1.82, 2.24) is 0 Å². The van der Waals surface area contributed by atoms with Crippen LogP contribution in [0.4, 0.5) is 0 Å². The third-order valence-corrected chi connectivity index (χ3v) is 2.15. The first-order valence-electron chi connectivity index (χ1n) is 4.71. The van der Waals surface area contributed by atoms with Crippen LogP contribution in [0.3, 0.4) is 0 Å². The number of hydrogen-bond acceptors (Lipinski definition) is 3. The number of rotatable bonds is 4. The maximum absolute atomic E-state index is 10.4. The average Bonchev–Trinajstić information content (AvgIpc) is 2.10. The van der Waals surface area contributed by atoms with E-state index < -0.39 is 5.97 Å². The van der Waals surface area contributed by atoms with Crippen LogP contribution in [0, 0.1) is 5.92 Å². The molecule has 1 atom stereocenters. The van der Waals surface area contributed by atoms with Gasteiger partial charge in [-0.15, -0.1) is 0 Å². The molecular formula is C11H14O4. The second-order valence-corrected chi connectivity index (χ2v) is 3.72. The lowest BCUT2D eigenvalue weighted by molar-refractivity contribution is -0.137. The molecule has 1 unspecified atom stereocenters. The number of benzene rings is 1. The van der Waals surface area contributed by atoms with Crippen LogP contribution in [0.25, 0.3) is 0 Å². The van der Waals surface area contributed by atoms with E-state index in [9.17, 15) is 15.0 Å². The van der Waals surface area contributed by atoms with Crippen LogP contribution in [0.15, 0.2) is 18.2 Å². The number of carbonyl (C=O) groups is 1. The highest BCUT2D eigenvalue weighted by Gasteiger charge is 2.11. The molecule has 0 spiro atoms. The zero-order valence-corrected chi connectivity index (χ0v) is 8.47. The molecule has 15 heavy (non-hydrogen) atoms. The van der Waals surface area contributed by atoms with E-state index >= 15 is 0 Å². The predicted octanol–water partition coefficient (Wildman–Crippen LogP) is 1.75. The Balaban J connectivity index is 2.71. The summed E-state index contributed by atoms with van der Waals surface area (Å²) in [6.07, 6.45) is 0.488. The molecule has 0 saturated carbocycles. The summed E-state index contributed by atoms with van der Waals surface area (Å²) in [5.41, 5.74) is 0.573. The molecule has 1 aromatic carbocycles. The van der Waals surface area contributed by atoms with Gasteiger partial charge in [-0.2, -0.15) is 0 Å². The number of carboxylic acid groups (broad SMARTS) is 1. The van der Waals surface area contributed by atoms with Gasteiger partial charge in [0.25, 0.3) is 0 Å². The number of aromatic hydroxyl groups is 2. The molecule has 0 aliphatic rings. The summed E-state index contributed by atoms with van der Waals surface area (Å²) < 4.78 is 0. The van der Waals surface area contributed by atoms with Crippen LogP contribution >= 0.6 is 0 Å². The molecule has 0 saturated heterocycles. The Morgan fingerprint density at radius 1 is 1.40 bits per heavy atom. The topological polar surface area (TPSA) is 77.8 Å². The normalized spacial score (nSPS) is 12.3. The SMILES string of the molecule is CC(CC(=O)O)Cc1cc(O)ccc1O. The molecule has 0 aliphatic heterocycles. The van der Waals surface area contributed by atoms with Crippen LogP contribution in [-0.2, 0) is 11.2 Å². The van der Waals surface area contributed by atoms with Crippen molar-refractivity contribution in [3.05, 3.63) is 23.8 Å².